The normalized spacial score (nSPS) is 30.3. The highest BCUT2D eigenvalue weighted by atomic mass is 32.2. The first-order valence-electron chi connectivity index (χ1n) is 19.2. The molecule has 3 N–H and O–H groups in total. The molecule has 53 heavy (non-hydrogen) atoms. The number of hydrogen-bond acceptors (Lipinski definition) is 10. The van der Waals surface area contributed by atoms with Crippen molar-refractivity contribution in [3.63, 3.8) is 0 Å². The third-order valence-corrected chi connectivity index (χ3v) is 13.4. The number of rotatable bonds is 4. The molecule has 7 rings (SSSR count). The molecule has 2 aromatic rings. The molecule has 2 aliphatic carbocycles. The van der Waals surface area contributed by atoms with Gasteiger partial charge in [0.2, 0.25) is 27.7 Å². The number of carbonyl (C=O) groups excluding carboxylic acids is 4. The van der Waals surface area contributed by atoms with E-state index >= 15 is 0 Å². The zero-order valence-electron chi connectivity index (χ0n) is 30.6. The molecular formula is C38H51N5O9S. The van der Waals surface area contributed by atoms with Gasteiger partial charge in [0.25, 0.3) is 5.91 Å². The van der Waals surface area contributed by atoms with Crippen molar-refractivity contribution in [3.05, 3.63) is 30.0 Å². The molecule has 15 heteroatoms. The maximum atomic E-state index is 14.5. The number of fused-ring (bicyclic) bond motifs is 4. The maximum absolute atomic E-state index is 14.5. The summed E-state index contributed by atoms with van der Waals surface area (Å²) in [6.07, 6.45) is 9.16. The van der Waals surface area contributed by atoms with Crippen LogP contribution in [0.5, 0.6) is 11.6 Å². The maximum Gasteiger partial charge on any atom is 0.407 e. The van der Waals surface area contributed by atoms with Crippen molar-refractivity contribution in [2.24, 2.45) is 11.8 Å². The van der Waals surface area contributed by atoms with Gasteiger partial charge in [-0.15, -0.1) is 0 Å². The highest BCUT2D eigenvalue weighted by Gasteiger charge is 2.62. The van der Waals surface area contributed by atoms with Gasteiger partial charge in [-0.05, 0) is 92.4 Å². The summed E-state index contributed by atoms with van der Waals surface area (Å²) in [6, 6.07) is 3.84. The van der Waals surface area contributed by atoms with Gasteiger partial charge in [0.1, 0.15) is 29.5 Å². The first-order chi connectivity index (χ1) is 25.5. The highest BCUT2D eigenvalue weighted by Crippen LogP contribution is 2.48. The largest absolute Gasteiger partial charge is 0.496 e. The first-order valence-corrected chi connectivity index (χ1v) is 20.8. The molecule has 2 saturated carbocycles. The second kappa shape index (κ2) is 15.3. The first kappa shape index (κ1) is 37.2. The van der Waals surface area contributed by atoms with Crippen molar-refractivity contribution in [1.82, 2.24) is 25.2 Å². The Labute approximate surface area is 310 Å². The Kier molecular flexibility index (Phi) is 10.7. The fourth-order valence-corrected chi connectivity index (χ4v) is 9.60. The van der Waals surface area contributed by atoms with E-state index in [2.05, 4.69) is 20.3 Å². The Morgan fingerprint density at radius 1 is 1.04 bits per heavy atom. The Hall–Kier alpha value is -4.14. The van der Waals surface area contributed by atoms with Crippen LogP contribution < -0.4 is 24.8 Å². The third-order valence-electron chi connectivity index (χ3n) is 11.6. The van der Waals surface area contributed by atoms with Crippen molar-refractivity contribution in [1.29, 1.82) is 0 Å². The Morgan fingerprint density at radius 2 is 1.81 bits per heavy atom. The van der Waals surface area contributed by atoms with Crippen LogP contribution in [0.2, 0.25) is 0 Å². The molecule has 14 nitrogen and oxygen atoms in total. The van der Waals surface area contributed by atoms with Gasteiger partial charge in [-0.1, -0.05) is 39.0 Å². The van der Waals surface area contributed by atoms with Crippen LogP contribution in [0.25, 0.3) is 10.8 Å². The van der Waals surface area contributed by atoms with Gasteiger partial charge in [-0.2, -0.15) is 0 Å². The molecule has 4 amide bonds. The van der Waals surface area contributed by atoms with Gasteiger partial charge < -0.3 is 29.7 Å². The van der Waals surface area contributed by atoms with Gasteiger partial charge in [0, 0.05) is 18.0 Å². The molecule has 3 aliphatic heterocycles. The molecule has 5 aliphatic rings. The van der Waals surface area contributed by atoms with E-state index in [9.17, 15) is 27.6 Å². The van der Waals surface area contributed by atoms with Gasteiger partial charge >= 0.3 is 6.09 Å². The van der Waals surface area contributed by atoms with Gasteiger partial charge in [-0.3, -0.25) is 19.1 Å². The number of alkyl carbamates (subject to hydrolysis) is 1. The second-order valence-electron chi connectivity index (χ2n) is 15.7. The second-order valence-corrected chi connectivity index (χ2v) is 17.6. The standard InChI is InChI=1S/C38H51N5O9S/c1-23-9-8-10-25-17-29-24(18-32(25)50-2)15-16-39-34(29)52-27-19-31-33(44)41-38(36(46)42-53(48,49)28-13-14-28)20-26(38)11-6-4-3-5-7-12-30(35(45)43(31)21-27)40-37(47)51-22-23/h15-18,23,26-28,30-31H,3-14,19-22H2,1-2H3,(H,40,47)(H,41,44)(H,42,46)/t23-,26+,27+,30-,31-,38+/m0/s1. The van der Waals surface area contributed by atoms with Crippen molar-refractivity contribution in [3.8, 4) is 11.6 Å². The van der Waals surface area contributed by atoms with Crippen LogP contribution in [0.4, 0.5) is 4.79 Å². The molecule has 1 aromatic carbocycles. The van der Waals surface area contributed by atoms with E-state index in [0.717, 1.165) is 67.0 Å². The number of sulfonamides is 1. The van der Waals surface area contributed by atoms with Crippen LogP contribution in [-0.2, 0) is 35.6 Å². The lowest BCUT2D eigenvalue weighted by atomic mass is 9.99. The Morgan fingerprint density at radius 3 is 2.58 bits per heavy atom. The molecule has 0 radical (unpaired) electrons. The SMILES string of the molecule is COc1cc2ccnc3c2cc1CCC[C@H](C)COC(=O)N[C@H]1CCCCCCC[C@@H]2C[C@@]2(C(=O)NS(=O)(=O)C2CC2)NC(=O)[C@@H]2C[C@H](CN2C1=O)O3. The molecule has 4 heterocycles. The van der Waals surface area contributed by atoms with Crippen LogP contribution in [0.15, 0.2) is 24.4 Å². The van der Waals surface area contributed by atoms with Crippen LogP contribution in [0.3, 0.4) is 0 Å². The zero-order chi connectivity index (χ0) is 37.3. The van der Waals surface area contributed by atoms with Crippen LogP contribution in [-0.4, -0.2) is 91.4 Å². The molecule has 1 aromatic heterocycles. The summed E-state index contributed by atoms with van der Waals surface area (Å²) in [4.78, 5) is 61.8. The summed E-state index contributed by atoms with van der Waals surface area (Å²) in [6.45, 7) is 2.23. The number of amides is 4. The minimum Gasteiger partial charge on any atom is -0.496 e. The number of ether oxygens (including phenoxy) is 3. The summed E-state index contributed by atoms with van der Waals surface area (Å²) in [7, 11) is -2.22. The molecule has 5 bridgehead atoms. The van der Waals surface area contributed by atoms with Gasteiger partial charge in [-0.25, -0.2) is 18.2 Å². The molecule has 2 saturated heterocycles. The number of hydrogen-bond donors (Lipinski definition) is 3. The number of nitrogens with zero attached hydrogens (tertiary/aromatic N) is 2. The number of cyclic esters (lactones) is 1. The number of carbonyl (C=O) groups is 4. The minimum absolute atomic E-state index is 0.0287. The topological polar surface area (TPSA) is 182 Å². The highest BCUT2D eigenvalue weighted by molar-refractivity contribution is 7.91. The lowest BCUT2D eigenvalue weighted by Gasteiger charge is -2.30. The zero-order valence-corrected chi connectivity index (χ0v) is 31.4. The summed E-state index contributed by atoms with van der Waals surface area (Å²) < 4.78 is 45.8. The van der Waals surface area contributed by atoms with Gasteiger partial charge in [0.05, 0.1) is 25.5 Å². The van der Waals surface area contributed by atoms with E-state index in [0.29, 0.717) is 44.4 Å². The van der Waals surface area contributed by atoms with Crippen LogP contribution in [0.1, 0.15) is 96.0 Å². The molecule has 4 fully saturated rings. The number of nitrogens with one attached hydrogen (secondary N) is 3. The van der Waals surface area contributed by atoms with E-state index in [1.165, 1.54) is 4.90 Å². The summed E-state index contributed by atoms with van der Waals surface area (Å²) >= 11 is 0. The smallest absolute Gasteiger partial charge is 0.407 e. The fourth-order valence-electron chi connectivity index (χ4n) is 8.23. The fraction of sp³-hybridized carbons (Fsp3) is 0.658. The quantitative estimate of drug-likeness (QED) is 0.415. The van der Waals surface area contributed by atoms with Crippen LogP contribution >= 0.6 is 0 Å². The van der Waals surface area contributed by atoms with Crippen LogP contribution in [0, 0.1) is 11.8 Å². The number of aryl methyl sites for hydroxylation is 1. The number of methoxy groups -OCH3 is 1. The van der Waals surface area contributed by atoms with E-state index in [4.69, 9.17) is 14.2 Å². The molecular weight excluding hydrogens is 703 g/mol. The Balaban J connectivity index is 1.23. The Bertz CT molecular complexity index is 1850. The average molecular weight is 754 g/mol. The predicted octanol–water partition coefficient (Wildman–Crippen LogP) is 3.89. The van der Waals surface area contributed by atoms with Crippen molar-refractivity contribution < 1.29 is 41.8 Å². The monoisotopic (exact) mass is 753 g/mol. The molecule has 0 spiro atoms. The lowest BCUT2D eigenvalue weighted by molar-refractivity contribution is -0.141. The molecule has 288 valence electrons. The van der Waals surface area contributed by atoms with E-state index in [1.54, 1.807) is 13.3 Å². The minimum atomic E-state index is -3.86. The van der Waals surface area contributed by atoms with Crippen molar-refractivity contribution in [2.45, 2.75) is 126 Å². The number of aromatic nitrogens is 1. The van der Waals surface area contributed by atoms with Crippen molar-refractivity contribution >= 4 is 44.6 Å². The van der Waals surface area contributed by atoms with E-state index in [-0.39, 0.29) is 31.4 Å². The molecule has 6 atom stereocenters. The lowest BCUT2D eigenvalue weighted by Crippen LogP contribution is -2.58. The summed E-state index contributed by atoms with van der Waals surface area (Å²) in [5.41, 5.74) is -0.420. The molecule has 0 unspecified atom stereocenters. The number of pyridine rings is 1. The predicted molar refractivity (Wildman–Crippen MR) is 195 cm³/mol. The summed E-state index contributed by atoms with van der Waals surface area (Å²) in [5.74, 6) is -0.800. The van der Waals surface area contributed by atoms with E-state index < -0.39 is 62.8 Å². The third kappa shape index (κ3) is 8.19. The van der Waals surface area contributed by atoms with E-state index in [1.807, 2.05) is 25.1 Å². The van der Waals surface area contributed by atoms with Gasteiger partial charge in [0.15, 0.2) is 0 Å². The summed E-state index contributed by atoms with van der Waals surface area (Å²) in [5, 5.41) is 6.79. The average Bonchev–Trinajstić information content (AvgIpc) is 4.06. The number of benzene rings is 1. The van der Waals surface area contributed by atoms with Crippen molar-refractivity contribution in [2.75, 3.05) is 20.3 Å².